The van der Waals surface area contributed by atoms with Gasteiger partial charge in [-0.2, -0.15) is 0 Å². The molecule has 1 aliphatic heterocycles. The minimum Gasteiger partial charge on any atom is -0.374 e. The highest BCUT2D eigenvalue weighted by atomic mass is 16.2. The average molecular weight is 341 g/mol. The van der Waals surface area contributed by atoms with Crippen LogP contribution in [0.25, 0.3) is 0 Å². The number of hydrogen-bond donors (Lipinski definition) is 2. The fourth-order valence-corrected chi connectivity index (χ4v) is 3.24. The molecule has 1 aliphatic rings. The van der Waals surface area contributed by atoms with Gasteiger partial charge in [0.1, 0.15) is 17.7 Å². The highest BCUT2D eigenvalue weighted by Crippen LogP contribution is 2.14. The Labute approximate surface area is 149 Å². The van der Waals surface area contributed by atoms with Gasteiger partial charge < -0.3 is 15.2 Å². The summed E-state index contributed by atoms with van der Waals surface area (Å²) < 4.78 is 2.23. The molecule has 0 aliphatic carbocycles. The molecule has 2 heterocycles. The van der Waals surface area contributed by atoms with Crippen LogP contribution in [0.1, 0.15) is 44.3 Å². The number of aryl methyl sites for hydroxylation is 1. The van der Waals surface area contributed by atoms with Gasteiger partial charge >= 0.3 is 0 Å². The molecular formula is C19H27N5O. The molecule has 0 saturated heterocycles. The molecule has 0 unspecified atom stereocenters. The van der Waals surface area contributed by atoms with Gasteiger partial charge in [0.15, 0.2) is 0 Å². The number of hydrogen-bond acceptors (Lipinski definition) is 4. The minimum atomic E-state index is -0.224. The Kier molecular flexibility index (Phi) is 6.04. The highest BCUT2D eigenvalue weighted by Gasteiger charge is 2.17. The van der Waals surface area contributed by atoms with Crippen molar-refractivity contribution < 1.29 is 4.79 Å². The van der Waals surface area contributed by atoms with Gasteiger partial charge in [-0.15, -0.1) is 10.2 Å². The molecule has 1 aromatic carbocycles. The van der Waals surface area contributed by atoms with Crippen molar-refractivity contribution in [2.75, 3.05) is 11.9 Å². The Morgan fingerprint density at radius 1 is 1.20 bits per heavy atom. The molecule has 2 N–H and O–H groups in total. The Morgan fingerprint density at radius 3 is 2.84 bits per heavy atom. The SMILES string of the molecule is CC[C@@H](Nc1ccccc1)C(=O)NCCc1nnc2n1CCCCC2. The second-order valence-corrected chi connectivity index (χ2v) is 6.51. The van der Waals surface area contributed by atoms with E-state index in [0.717, 1.165) is 43.1 Å². The van der Waals surface area contributed by atoms with Crippen LogP contribution in [0.4, 0.5) is 5.69 Å². The molecule has 6 nitrogen and oxygen atoms in total. The fourth-order valence-electron chi connectivity index (χ4n) is 3.24. The van der Waals surface area contributed by atoms with Gasteiger partial charge in [0.2, 0.25) is 5.91 Å². The summed E-state index contributed by atoms with van der Waals surface area (Å²) in [5, 5.41) is 14.9. The van der Waals surface area contributed by atoms with Crippen LogP contribution in [-0.4, -0.2) is 33.3 Å². The molecule has 1 aromatic heterocycles. The quantitative estimate of drug-likeness (QED) is 0.812. The van der Waals surface area contributed by atoms with Crippen LogP contribution < -0.4 is 10.6 Å². The van der Waals surface area contributed by atoms with Crippen LogP contribution in [0.15, 0.2) is 30.3 Å². The maximum absolute atomic E-state index is 12.4. The Bertz CT molecular complexity index is 682. The Hall–Kier alpha value is -2.37. The lowest BCUT2D eigenvalue weighted by molar-refractivity contribution is -0.121. The van der Waals surface area contributed by atoms with Crippen molar-refractivity contribution in [3.63, 3.8) is 0 Å². The normalized spacial score (nSPS) is 15.1. The van der Waals surface area contributed by atoms with E-state index < -0.39 is 0 Å². The molecule has 25 heavy (non-hydrogen) atoms. The average Bonchev–Trinajstić information content (AvgIpc) is 2.87. The molecule has 0 bridgehead atoms. The highest BCUT2D eigenvalue weighted by molar-refractivity contribution is 5.84. The van der Waals surface area contributed by atoms with Crippen molar-refractivity contribution >= 4 is 11.6 Å². The van der Waals surface area contributed by atoms with Gasteiger partial charge in [0.25, 0.3) is 0 Å². The number of fused-ring (bicyclic) bond motifs is 1. The van der Waals surface area contributed by atoms with Crippen LogP contribution in [-0.2, 0) is 24.2 Å². The monoisotopic (exact) mass is 341 g/mol. The van der Waals surface area contributed by atoms with Crippen LogP contribution in [0.3, 0.4) is 0 Å². The summed E-state index contributed by atoms with van der Waals surface area (Å²) in [5.41, 5.74) is 0.965. The summed E-state index contributed by atoms with van der Waals surface area (Å²) in [5.74, 6) is 2.11. The summed E-state index contributed by atoms with van der Waals surface area (Å²) in [7, 11) is 0. The molecule has 0 fully saturated rings. The van der Waals surface area contributed by atoms with Crippen LogP contribution in [0.5, 0.6) is 0 Å². The van der Waals surface area contributed by atoms with E-state index in [4.69, 9.17) is 0 Å². The number of amides is 1. The number of nitrogens with one attached hydrogen (secondary N) is 2. The summed E-state index contributed by atoms with van der Waals surface area (Å²) in [6.45, 7) is 3.60. The predicted octanol–water partition coefficient (Wildman–Crippen LogP) is 2.55. The molecule has 3 rings (SSSR count). The van der Waals surface area contributed by atoms with Gasteiger partial charge in [0.05, 0.1) is 0 Å². The van der Waals surface area contributed by atoms with E-state index >= 15 is 0 Å². The number of carbonyl (C=O) groups excluding carboxylic acids is 1. The zero-order chi connectivity index (χ0) is 17.5. The zero-order valence-corrected chi connectivity index (χ0v) is 14.9. The zero-order valence-electron chi connectivity index (χ0n) is 14.9. The van der Waals surface area contributed by atoms with Gasteiger partial charge in [-0.1, -0.05) is 31.5 Å². The molecule has 2 aromatic rings. The van der Waals surface area contributed by atoms with E-state index in [1.807, 2.05) is 37.3 Å². The van der Waals surface area contributed by atoms with Gasteiger partial charge in [-0.05, 0) is 31.4 Å². The van der Waals surface area contributed by atoms with Crippen molar-refractivity contribution in [2.24, 2.45) is 0 Å². The smallest absolute Gasteiger partial charge is 0.242 e. The summed E-state index contributed by atoms with van der Waals surface area (Å²) in [6.07, 6.45) is 6.10. The lowest BCUT2D eigenvalue weighted by atomic mass is 10.2. The number of aromatic nitrogens is 3. The third-order valence-electron chi connectivity index (χ3n) is 4.67. The van der Waals surface area contributed by atoms with E-state index in [1.165, 1.54) is 19.3 Å². The molecular weight excluding hydrogens is 314 g/mol. The van der Waals surface area contributed by atoms with Crippen molar-refractivity contribution in [1.82, 2.24) is 20.1 Å². The maximum atomic E-state index is 12.4. The van der Waals surface area contributed by atoms with Crippen molar-refractivity contribution in [1.29, 1.82) is 0 Å². The Balaban J connectivity index is 1.51. The third kappa shape index (κ3) is 4.59. The van der Waals surface area contributed by atoms with Crippen LogP contribution in [0.2, 0.25) is 0 Å². The number of carbonyl (C=O) groups is 1. The largest absolute Gasteiger partial charge is 0.374 e. The minimum absolute atomic E-state index is 0.0296. The van der Waals surface area contributed by atoms with Crippen LogP contribution >= 0.6 is 0 Å². The standard InChI is InChI=1S/C19H27N5O/c1-2-16(21-15-9-5-3-6-10-15)19(25)20-13-12-18-23-22-17-11-7-4-8-14-24(17)18/h3,5-6,9-10,16,21H,2,4,7-8,11-14H2,1H3,(H,20,25)/t16-/m1/s1. The molecule has 1 amide bonds. The first kappa shape index (κ1) is 17.5. The second kappa shape index (κ2) is 8.65. The number of rotatable bonds is 7. The number of anilines is 1. The van der Waals surface area contributed by atoms with Crippen molar-refractivity contribution in [2.45, 2.75) is 58.0 Å². The lowest BCUT2D eigenvalue weighted by Crippen LogP contribution is -2.40. The van der Waals surface area contributed by atoms with Crippen LogP contribution in [0, 0.1) is 0 Å². The molecule has 0 saturated carbocycles. The van der Waals surface area contributed by atoms with E-state index in [2.05, 4.69) is 25.4 Å². The van der Waals surface area contributed by atoms with E-state index in [0.29, 0.717) is 6.54 Å². The lowest BCUT2D eigenvalue weighted by Gasteiger charge is -2.18. The molecule has 0 radical (unpaired) electrons. The maximum Gasteiger partial charge on any atom is 0.242 e. The second-order valence-electron chi connectivity index (χ2n) is 6.51. The third-order valence-corrected chi connectivity index (χ3v) is 4.67. The summed E-state index contributed by atoms with van der Waals surface area (Å²) in [4.78, 5) is 12.4. The van der Waals surface area contributed by atoms with E-state index in [1.54, 1.807) is 0 Å². The Morgan fingerprint density at radius 2 is 2.04 bits per heavy atom. The van der Waals surface area contributed by atoms with Gasteiger partial charge in [-0.3, -0.25) is 4.79 Å². The predicted molar refractivity (Wildman–Crippen MR) is 98.4 cm³/mol. The number of para-hydroxylation sites is 1. The van der Waals surface area contributed by atoms with Gasteiger partial charge in [-0.25, -0.2) is 0 Å². The molecule has 0 spiro atoms. The fraction of sp³-hybridized carbons (Fsp3) is 0.526. The van der Waals surface area contributed by atoms with E-state index in [-0.39, 0.29) is 11.9 Å². The molecule has 6 heteroatoms. The van der Waals surface area contributed by atoms with Crippen molar-refractivity contribution in [3.8, 4) is 0 Å². The summed E-state index contributed by atoms with van der Waals surface area (Å²) in [6, 6.07) is 9.61. The van der Waals surface area contributed by atoms with E-state index in [9.17, 15) is 4.79 Å². The van der Waals surface area contributed by atoms with Gasteiger partial charge in [0, 0.05) is 31.6 Å². The molecule has 1 atom stereocenters. The molecule has 134 valence electrons. The number of benzene rings is 1. The first-order valence-electron chi connectivity index (χ1n) is 9.28. The number of nitrogens with zero attached hydrogens (tertiary/aromatic N) is 3. The first-order valence-corrected chi connectivity index (χ1v) is 9.28. The summed E-state index contributed by atoms with van der Waals surface area (Å²) >= 11 is 0. The first-order chi connectivity index (χ1) is 12.3. The van der Waals surface area contributed by atoms with Crippen molar-refractivity contribution in [3.05, 3.63) is 42.0 Å². The topological polar surface area (TPSA) is 71.8 Å².